The minimum absolute atomic E-state index is 0.0365. The fraction of sp³-hybridized carbons (Fsp3) is 0.419. The van der Waals surface area contributed by atoms with Gasteiger partial charge in [0.05, 0.1) is 19.7 Å². The highest BCUT2D eigenvalue weighted by molar-refractivity contribution is 5.70. The van der Waals surface area contributed by atoms with Gasteiger partial charge in [-0.15, -0.1) is 0 Å². The molecule has 196 valence electrons. The molecule has 2 aromatic carbocycles. The van der Waals surface area contributed by atoms with Gasteiger partial charge < -0.3 is 14.6 Å². The number of aliphatic carboxylic acids is 1. The second-order valence-corrected chi connectivity index (χ2v) is 11.3. The zero-order chi connectivity index (χ0) is 26.8. The third-order valence-corrected chi connectivity index (χ3v) is 7.69. The molecule has 4 rings (SSSR count). The van der Waals surface area contributed by atoms with Gasteiger partial charge in [-0.05, 0) is 58.6 Å². The van der Waals surface area contributed by atoms with E-state index >= 15 is 0 Å². The van der Waals surface area contributed by atoms with E-state index in [1.165, 1.54) is 13.3 Å². The van der Waals surface area contributed by atoms with Crippen LogP contribution in [0.1, 0.15) is 76.0 Å². The Labute approximate surface area is 218 Å². The van der Waals surface area contributed by atoms with E-state index < -0.39 is 11.4 Å². The number of benzene rings is 2. The van der Waals surface area contributed by atoms with Crippen molar-refractivity contribution >= 4 is 5.97 Å². The van der Waals surface area contributed by atoms with Gasteiger partial charge in [0.15, 0.2) is 0 Å². The quantitative estimate of drug-likeness (QED) is 0.326. The molecule has 37 heavy (non-hydrogen) atoms. The van der Waals surface area contributed by atoms with Crippen molar-refractivity contribution in [2.75, 3.05) is 7.11 Å². The van der Waals surface area contributed by atoms with Gasteiger partial charge in [-0.25, -0.2) is 9.37 Å². The highest BCUT2D eigenvalue weighted by Gasteiger charge is 2.37. The fourth-order valence-electron chi connectivity index (χ4n) is 5.53. The van der Waals surface area contributed by atoms with Crippen molar-refractivity contribution < 1.29 is 23.8 Å². The average molecular weight is 506 g/mol. The van der Waals surface area contributed by atoms with Crippen LogP contribution in [-0.4, -0.2) is 23.2 Å². The van der Waals surface area contributed by atoms with Crippen LogP contribution in [0.25, 0.3) is 11.1 Å². The molecule has 1 heterocycles. The number of methoxy groups -OCH3 is 1. The van der Waals surface area contributed by atoms with E-state index in [-0.39, 0.29) is 17.7 Å². The van der Waals surface area contributed by atoms with Crippen LogP contribution in [0.4, 0.5) is 4.39 Å². The number of halogens is 1. The van der Waals surface area contributed by atoms with Crippen molar-refractivity contribution in [1.82, 2.24) is 4.98 Å². The van der Waals surface area contributed by atoms with E-state index in [1.807, 2.05) is 50.2 Å². The van der Waals surface area contributed by atoms with Crippen LogP contribution in [0, 0.1) is 11.2 Å². The minimum Gasteiger partial charge on any atom is -0.489 e. The van der Waals surface area contributed by atoms with Gasteiger partial charge in [0.2, 0.25) is 5.88 Å². The molecule has 1 saturated carbocycles. The topological polar surface area (TPSA) is 68.7 Å². The summed E-state index contributed by atoms with van der Waals surface area (Å²) in [6.45, 7) is 8.76. The number of aromatic nitrogens is 1. The Morgan fingerprint density at radius 2 is 1.95 bits per heavy atom. The predicted octanol–water partition coefficient (Wildman–Crippen LogP) is 7.52. The maximum absolute atomic E-state index is 15.0. The highest BCUT2D eigenvalue weighted by Crippen LogP contribution is 2.51. The van der Waals surface area contributed by atoms with E-state index in [4.69, 9.17) is 9.47 Å². The maximum Gasteiger partial charge on any atom is 0.304 e. The summed E-state index contributed by atoms with van der Waals surface area (Å²) in [4.78, 5) is 15.3. The summed E-state index contributed by atoms with van der Waals surface area (Å²) in [6.07, 6.45) is 4.56. The molecule has 0 bridgehead atoms. The Kier molecular flexibility index (Phi) is 7.58. The lowest BCUT2D eigenvalue weighted by Gasteiger charge is -2.30. The van der Waals surface area contributed by atoms with Gasteiger partial charge in [0.25, 0.3) is 0 Å². The van der Waals surface area contributed by atoms with Gasteiger partial charge in [0.1, 0.15) is 18.2 Å². The zero-order valence-electron chi connectivity index (χ0n) is 22.3. The molecule has 1 aliphatic carbocycles. The summed E-state index contributed by atoms with van der Waals surface area (Å²) < 4.78 is 26.4. The highest BCUT2D eigenvalue weighted by atomic mass is 19.1. The Morgan fingerprint density at radius 1 is 1.16 bits per heavy atom. The van der Waals surface area contributed by atoms with Crippen LogP contribution < -0.4 is 9.47 Å². The number of carboxylic acid groups (broad SMARTS) is 1. The lowest BCUT2D eigenvalue weighted by Crippen LogP contribution is -2.21. The molecule has 0 aliphatic heterocycles. The summed E-state index contributed by atoms with van der Waals surface area (Å²) in [7, 11) is 1.53. The second kappa shape index (κ2) is 10.5. The third-order valence-electron chi connectivity index (χ3n) is 7.69. The number of hydrogen-bond acceptors (Lipinski definition) is 4. The molecule has 0 unspecified atom stereocenters. The number of nitrogens with zero attached hydrogens (tertiary/aromatic N) is 1. The van der Waals surface area contributed by atoms with Crippen LogP contribution in [-0.2, 0) is 16.8 Å². The van der Waals surface area contributed by atoms with E-state index in [0.29, 0.717) is 29.7 Å². The van der Waals surface area contributed by atoms with Crippen LogP contribution >= 0.6 is 0 Å². The van der Waals surface area contributed by atoms with Gasteiger partial charge in [-0.3, -0.25) is 4.79 Å². The standard InChI is InChI=1S/C31H36FNO4/c1-30(2)13-7-10-26(30)24-14-20(11-12-23(24)25-16-28(36-5)33-18-27(25)32)19-37-22-9-6-8-21(15-22)31(3,4)17-29(34)35/h6,8-9,11-12,14-16,18,26H,7,10,13,17,19H2,1-5H3,(H,34,35)/t26-/m1/s1. The molecule has 0 amide bonds. The van der Waals surface area contributed by atoms with Crippen molar-refractivity contribution in [1.29, 1.82) is 0 Å². The molecule has 6 heteroatoms. The lowest BCUT2D eigenvalue weighted by molar-refractivity contribution is -0.138. The first kappa shape index (κ1) is 26.6. The SMILES string of the molecule is COc1cc(-c2ccc(COc3cccc(C(C)(C)CC(=O)O)c3)cc2[C@H]2CCCC2(C)C)c(F)cn1. The first-order chi connectivity index (χ1) is 17.5. The average Bonchev–Trinajstić information content (AvgIpc) is 3.21. The van der Waals surface area contributed by atoms with E-state index in [2.05, 4.69) is 24.9 Å². The summed E-state index contributed by atoms with van der Waals surface area (Å²) in [6, 6.07) is 15.4. The molecule has 3 aromatic rings. The van der Waals surface area contributed by atoms with E-state index in [0.717, 1.165) is 41.5 Å². The Balaban J connectivity index is 1.65. The largest absolute Gasteiger partial charge is 0.489 e. The summed E-state index contributed by atoms with van der Waals surface area (Å²) >= 11 is 0. The third kappa shape index (κ3) is 5.95. The molecule has 5 nitrogen and oxygen atoms in total. The Hall–Kier alpha value is -3.41. The minimum atomic E-state index is -0.831. The molecule has 0 spiro atoms. The molecule has 1 aliphatic rings. The molecule has 0 saturated heterocycles. The molecular formula is C31H36FNO4. The number of ether oxygens (including phenoxy) is 2. The number of carboxylic acids is 1. The van der Waals surface area contributed by atoms with Crippen molar-refractivity contribution in [2.45, 2.75) is 71.3 Å². The van der Waals surface area contributed by atoms with Gasteiger partial charge in [-0.2, -0.15) is 0 Å². The first-order valence-electron chi connectivity index (χ1n) is 12.8. The van der Waals surface area contributed by atoms with Crippen molar-refractivity contribution in [3.63, 3.8) is 0 Å². The van der Waals surface area contributed by atoms with Crippen molar-refractivity contribution in [2.24, 2.45) is 5.41 Å². The lowest BCUT2D eigenvalue weighted by atomic mass is 9.75. The number of carbonyl (C=O) groups is 1. The summed E-state index contributed by atoms with van der Waals surface area (Å²) in [5.74, 6) is 0.157. The molecular weight excluding hydrogens is 469 g/mol. The van der Waals surface area contributed by atoms with Crippen LogP contribution in [0.5, 0.6) is 11.6 Å². The summed E-state index contributed by atoms with van der Waals surface area (Å²) in [5.41, 5.74) is 3.98. The van der Waals surface area contributed by atoms with Gasteiger partial charge in [0, 0.05) is 17.0 Å². The molecule has 1 fully saturated rings. The van der Waals surface area contributed by atoms with Crippen molar-refractivity contribution in [3.8, 4) is 22.8 Å². The molecule has 1 N–H and O–H groups in total. The Morgan fingerprint density at radius 3 is 2.62 bits per heavy atom. The summed E-state index contributed by atoms with van der Waals surface area (Å²) in [5, 5.41) is 9.27. The number of pyridine rings is 1. The van der Waals surface area contributed by atoms with Crippen LogP contribution in [0.15, 0.2) is 54.7 Å². The monoisotopic (exact) mass is 505 g/mol. The zero-order valence-corrected chi connectivity index (χ0v) is 22.3. The molecule has 1 atom stereocenters. The smallest absolute Gasteiger partial charge is 0.304 e. The van der Waals surface area contributed by atoms with Gasteiger partial charge in [-0.1, -0.05) is 64.4 Å². The molecule has 0 radical (unpaired) electrons. The predicted molar refractivity (Wildman–Crippen MR) is 143 cm³/mol. The van der Waals surface area contributed by atoms with Gasteiger partial charge >= 0.3 is 5.97 Å². The van der Waals surface area contributed by atoms with Crippen LogP contribution in [0.2, 0.25) is 0 Å². The van der Waals surface area contributed by atoms with Crippen molar-refractivity contribution in [3.05, 3.63) is 77.2 Å². The number of hydrogen-bond donors (Lipinski definition) is 1. The van der Waals surface area contributed by atoms with Crippen LogP contribution in [0.3, 0.4) is 0 Å². The van der Waals surface area contributed by atoms with E-state index in [1.54, 1.807) is 6.07 Å². The fourth-order valence-corrected chi connectivity index (χ4v) is 5.53. The second-order valence-electron chi connectivity index (χ2n) is 11.3. The molecule has 1 aromatic heterocycles. The maximum atomic E-state index is 15.0. The first-order valence-corrected chi connectivity index (χ1v) is 12.8. The number of rotatable bonds is 9. The normalized spacial score (nSPS) is 17.0. The van der Waals surface area contributed by atoms with E-state index in [9.17, 15) is 14.3 Å². The Bertz CT molecular complexity index is 1280.